The van der Waals surface area contributed by atoms with E-state index in [1.165, 1.54) is 32.1 Å². The van der Waals surface area contributed by atoms with Gasteiger partial charge in [-0.1, -0.05) is 13.0 Å². The first-order valence-electron chi connectivity index (χ1n) is 4.93. The molecule has 0 aromatic rings. The van der Waals surface area contributed by atoms with Crippen molar-refractivity contribution in [3.05, 3.63) is 12.7 Å². The molecule has 0 bridgehead atoms. The van der Waals surface area contributed by atoms with Crippen LogP contribution in [0, 0.1) is 17.3 Å². The van der Waals surface area contributed by atoms with Gasteiger partial charge in [0.2, 0.25) is 0 Å². The molecule has 2 aliphatic carbocycles. The summed E-state index contributed by atoms with van der Waals surface area (Å²) in [6.07, 6.45) is 9.42. The zero-order chi connectivity index (χ0) is 7.90. The molecule has 2 atom stereocenters. The van der Waals surface area contributed by atoms with Gasteiger partial charge < -0.3 is 0 Å². The molecule has 2 unspecified atom stereocenters. The second-order valence-electron chi connectivity index (χ2n) is 4.43. The SMILES string of the molecule is C=CC1(CC)CC2CCC2C1. The minimum absolute atomic E-state index is 0.547. The Balaban J connectivity index is 2.09. The summed E-state index contributed by atoms with van der Waals surface area (Å²) in [6, 6.07) is 0. The molecule has 0 spiro atoms. The van der Waals surface area contributed by atoms with Crippen molar-refractivity contribution in [3.8, 4) is 0 Å². The van der Waals surface area contributed by atoms with Crippen LogP contribution in [-0.2, 0) is 0 Å². The van der Waals surface area contributed by atoms with Gasteiger partial charge in [0.15, 0.2) is 0 Å². The average molecular weight is 150 g/mol. The van der Waals surface area contributed by atoms with Crippen LogP contribution in [0.2, 0.25) is 0 Å². The topological polar surface area (TPSA) is 0 Å². The first-order chi connectivity index (χ1) is 5.29. The van der Waals surface area contributed by atoms with Gasteiger partial charge in [-0.2, -0.15) is 0 Å². The fourth-order valence-corrected chi connectivity index (χ4v) is 2.90. The standard InChI is InChI=1S/C11H18/c1-3-11(4-2)7-9-5-6-10(9)8-11/h3,9-10H,1,4-8H2,2H3. The number of fused-ring (bicyclic) bond motifs is 1. The van der Waals surface area contributed by atoms with E-state index in [9.17, 15) is 0 Å². The Morgan fingerprint density at radius 1 is 1.36 bits per heavy atom. The van der Waals surface area contributed by atoms with Crippen LogP contribution in [0.15, 0.2) is 12.7 Å². The summed E-state index contributed by atoms with van der Waals surface area (Å²) in [4.78, 5) is 0. The van der Waals surface area contributed by atoms with Crippen molar-refractivity contribution < 1.29 is 0 Å². The van der Waals surface area contributed by atoms with Gasteiger partial charge in [0, 0.05) is 0 Å². The average Bonchev–Trinajstić information content (AvgIpc) is 2.27. The molecule has 11 heavy (non-hydrogen) atoms. The lowest BCUT2D eigenvalue weighted by Crippen LogP contribution is -2.18. The quantitative estimate of drug-likeness (QED) is 0.529. The fourth-order valence-electron chi connectivity index (χ4n) is 2.90. The molecule has 0 amide bonds. The van der Waals surface area contributed by atoms with Crippen LogP contribution in [-0.4, -0.2) is 0 Å². The Morgan fingerprint density at radius 2 is 1.91 bits per heavy atom. The molecule has 0 aromatic carbocycles. The summed E-state index contributed by atoms with van der Waals surface area (Å²) in [5, 5.41) is 0. The second kappa shape index (κ2) is 2.36. The molecular weight excluding hydrogens is 132 g/mol. The van der Waals surface area contributed by atoms with Crippen LogP contribution in [0.25, 0.3) is 0 Å². The minimum Gasteiger partial charge on any atom is -0.103 e. The molecule has 2 fully saturated rings. The Morgan fingerprint density at radius 3 is 2.18 bits per heavy atom. The van der Waals surface area contributed by atoms with Crippen molar-refractivity contribution in [3.63, 3.8) is 0 Å². The summed E-state index contributed by atoms with van der Waals surface area (Å²) >= 11 is 0. The van der Waals surface area contributed by atoms with Gasteiger partial charge >= 0.3 is 0 Å². The van der Waals surface area contributed by atoms with Crippen LogP contribution in [0.4, 0.5) is 0 Å². The predicted octanol–water partition coefficient (Wildman–Crippen LogP) is 3.39. The maximum absolute atomic E-state index is 3.98. The molecule has 2 saturated carbocycles. The lowest BCUT2D eigenvalue weighted by Gasteiger charge is -2.29. The predicted molar refractivity (Wildman–Crippen MR) is 48.4 cm³/mol. The van der Waals surface area contributed by atoms with Crippen LogP contribution in [0.5, 0.6) is 0 Å². The van der Waals surface area contributed by atoms with Crippen molar-refractivity contribution in [2.24, 2.45) is 17.3 Å². The highest BCUT2D eigenvalue weighted by Gasteiger charge is 2.46. The van der Waals surface area contributed by atoms with E-state index in [2.05, 4.69) is 19.6 Å². The molecule has 0 nitrogen and oxygen atoms in total. The van der Waals surface area contributed by atoms with Crippen LogP contribution >= 0.6 is 0 Å². The summed E-state index contributed by atoms with van der Waals surface area (Å²) in [7, 11) is 0. The molecule has 2 rings (SSSR count). The molecule has 0 heteroatoms. The third-order valence-electron chi connectivity index (χ3n) is 4.05. The van der Waals surface area contributed by atoms with Crippen molar-refractivity contribution in [2.75, 3.05) is 0 Å². The Bertz CT molecular complexity index is 157. The van der Waals surface area contributed by atoms with Gasteiger partial charge in [0.05, 0.1) is 0 Å². The van der Waals surface area contributed by atoms with E-state index in [0.29, 0.717) is 5.41 Å². The summed E-state index contributed by atoms with van der Waals surface area (Å²) in [5.74, 6) is 2.15. The van der Waals surface area contributed by atoms with E-state index in [0.717, 1.165) is 11.8 Å². The van der Waals surface area contributed by atoms with E-state index in [1.807, 2.05) is 0 Å². The van der Waals surface area contributed by atoms with Crippen molar-refractivity contribution in [2.45, 2.75) is 39.0 Å². The number of allylic oxidation sites excluding steroid dienone is 1. The lowest BCUT2D eigenvalue weighted by molar-refractivity contribution is 0.219. The Kier molecular flexibility index (Phi) is 1.59. The van der Waals surface area contributed by atoms with Gasteiger partial charge in [-0.05, 0) is 49.4 Å². The molecule has 2 aliphatic rings. The van der Waals surface area contributed by atoms with Crippen LogP contribution < -0.4 is 0 Å². The van der Waals surface area contributed by atoms with Gasteiger partial charge in [0.25, 0.3) is 0 Å². The molecule has 62 valence electrons. The first kappa shape index (κ1) is 7.39. The summed E-state index contributed by atoms with van der Waals surface area (Å²) in [5.41, 5.74) is 0.547. The summed E-state index contributed by atoms with van der Waals surface area (Å²) in [6.45, 7) is 6.29. The van der Waals surface area contributed by atoms with Gasteiger partial charge in [-0.15, -0.1) is 6.58 Å². The van der Waals surface area contributed by atoms with E-state index < -0.39 is 0 Å². The highest BCUT2D eigenvalue weighted by molar-refractivity contribution is 5.05. The molecule has 0 aromatic heterocycles. The van der Waals surface area contributed by atoms with Crippen LogP contribution in [0.1, 0.15) is 39.0 Å². The molecule has 0 heterocycles. The lowest BCUT2D eigenvalue weighted by atomic mass is 9.77. The largest absolute Gasteiger partial charge is 0.103 e. The third-order valence-corrected chi connectivity index (χ3v) is 4.05. The van der Waals surface area contributed by atoms with Gasteiger partial charge in [-0.25, -0.2) is 0 Å². The normalized spacial score (nSPS) is 48.1. The van der Waals surface area contributed by atoms with E-state index >= 15 is 0 Å². The molecular formula is C11H18. The fraction of sp³-hybridized carbons (Fsp3) is 0.818. The number of hydrogen-bond donors (Lipinski definition) is 0. The number of hydrogen-bond acceptors (Lipinski definition) is 0. The van der Waals surface area contributed by atoms with Crippen LogP contribution in [0.3, 0.4) is 0 Å². The van der Waals surface area contributed by atoms with Crippen molar-refractivity contribution >= 4 is 0 Å². The monoisotopic (exact) mass is 150 g/mol. The van der Waals surface area contributed by atoms with E-state index in [1.54, 1.807) is 0 Å². The van der Waals surface area contributed by atoms with Gasteiger partial charge in [0.1, 0.15) is 0 Å². The second-order valence-corrected chi connectivity index (χ2v) is 4.43. The number of rotatable bonds is 2. The third kappa shape index (κ3) is 0.953. The first-order valence-corrected chi connectivity index (χ1v) is 4.93. The Hall–Kier alpha value is -0.260. The molecule has 0 radical (unpaired) electrons. The highest BCUT2D eigenvalue weighted by atomic mass is 14.5. The zero-order valence-electron chi connectivity index (χ0n) is 7.47. The van der Waals surface area contributed by atoms with E-state index in [-0.39, 0.29) is 0 Å². The Labute approximate surface area is 69.7 Å². The van der Waals surface area contributed by atoms with Crippen molar-refractivity contribution in [1.82, 2.24) is 0 Å². The zero-order valence-corrected chi connectivity index (χ0v) is 7.47. The minimum atomic E-state index is 0.547. The highest BCUT2D eigenvalue weighted by Crippen LogP contribution is 2.57. The molecule has 0 saturated heterocycles. The van der Waals surface area contributed by atoms with Crippen molar-refractivity contribution in [1.29, 1.82) is 0 Å². The van der Waals surface area contributed by atoms with Gasteiger partial charge in [-0.3, -0.25) is 0 Å². The summed E-state index contributed by atoms with van der Waals surface area (Å²) < 4.78 is 0. The van der Waals surface area contributed by atoms with E-state index in [4.69, 9.17) is 0 Å². The maximum Gasteiger partial charge on any atom is -0.0118 e. The molecule has 0 N–H and O–H groups in total. The maximum atomic E-state index is 3.98. The molecule has 0 aliphatic heterocycles. The smallest absolute Gasteiger partial charge is 0.0118 e.